The maximum atomic E-state index is 11.9. The number of pyridine rings is 1. The first-order valence-corrected chi connectivity index (χ1v) is 8.25. The fourth-order valence-electron chi connectivity index (χ4n) is 1.85. The molecule has 4 nitrogen and oxygen atoms in total. The molecule has 0 bridgehead atoms. The number of esters is 1. The van der Waals surface area contributed by atoms with E-state index in [9.17, 15) is 4.79 Å². The van der Waals surface area contributed by atoms with E-state index in [0.29, 0.717) is 21.4 Å². The van der Waals surface area contributed by atoms with Crippen LogP contribution in [-0.4, -0.2) is 15.9 Å². The fraction of sp³-hybridized carbons (Fsp3) is 0.0625. The zero-order chi connectivity index (χ0) is 16.2. The van der Waals surface area contributed by atoms with Crippen molar-refractivity contribution in [2.24, 2.45) is 0 Å². The van der Waals surface area contributed by atoms with Crippen molar-refractivity contribution in [1.82, 2.24) is 9.97 Å². The van der Waals surface area contributed by atoms with Crippen LogP contribution in [0.15, 0.2) is 48.0 Å². The number of carbonyl (C=O) groups is 1. The largest absolute Gasteiger partial charge is 0.456 e. The number of rotatable bonds is 4. The van der Waals surface area contributed by atoms with Gasteiger partial charge in [-0.3, -0.25) is 0 Å². The Bertz CT molecular complexity index is 834. The Labute approximate surface area is 146 Å². The molecule has 0 saturated heterocycles. The van der Waals surface area contributed by atoms with Crippen LogP contribution in [-0.2, 0) is 11.3 Å². The van der Waals surface area contributed by atoms with Crippen LogP contribution >= 0.6 is 34.5 Å². The lowest BCUT2D eigenvalue weighted by molar-refractivity contribution is 0.0468. The van der Waals surface area contributed by atoms with Gasteiger partial charge < -0.3 is 4.74 Å². The Kier molecular flexibility index (Phi) is 4.91. The van der Waals surface area contributed by atoms with E-state index in [2.05, 4.69) is 9.97 Å². The van der Waals surface area contributed by atoms with Crippen molar-refractivity contribution in [2.75, 3.05) is 0 Å². The monoisotopic (exact) mass is 364 g/mol. The van der Waals surface area contributed by atoms with Gasteiger partial charge in [0.05, 0.1) is 16.3 Å². The van der Waals surface area contributed by atoms with Crippen molar-refractivity contribution in [3.8, 4) is 10.6 Å². The normalized spacial score (nSPS) is 10.5. The lowest BCUT2D eigenvalue weighted by Crippen LogP contribution is -2.05. The van der Waals surface area contributed by atoms with Gasteiger partial charge in [-0.05, 0) is 18.2 Å². The Balaban J connectivity index is 1.67. The number of benzene rings is 1. The molecule has 3 aromatic rings. The number of aromatic nitrogens is 2. The number of hydrogen-bond donors (Lipinski definition) is 0. The summed E-state index contributed by atoms with van der Waals surface area (Å²) < 4.78 is 5.22. The minimum absolute atomic E-state index is 0.0857. The summed E-state index contributed by atoms with van der Waals surface area (Å²) in [5, 5.41) is 3.59. The molecular weight excluding hydrogens is 355 g/mol. The molecule has 7 heteroatoms. The van der Waals surface area contributed by atoms with Crippen LogP contribution in [0.4, 0.5) is 0 Å². The summed E-state index contributed by atoms with van der Waals surface area (Å²) in [6, 6.07) is 10.6. The van der Waals surface area contributed by atoms with Crippen LogP contribution in [0.3, 0.4) is 0 Å². The van der Waals surface area contributed by atoms with E-state index in [1.54, 1.807) is 6.07 Å². The van der Waals surface area contributed by atoms with E-state index in [0.717, 1.165) is 10.6 Å². The number of nitrogens with zero attached hydrogens (tertiary/aromatic N) is 2. The number of halogens is 2. The molecule has 0 unspecified atom stereocenters. The van der Waals surface area contributed by atoms with Gasteiger partial charge >= 0.3 is 5.97 Å². The summed E-state index contributed by atoms with van der Waals surface area (Å²) in [7, 11) is 0. The number of ether oxygens (including phenoxy) is 1. The van der Waals surface area contributed by atoms with Crippen molar-refractivity contribution in [3.63, 3.8) is 0 Å². The summed E-state index contributed by atoms with van der Waals surface area (Å²) in [6.07, 6.45) is 1.38. The first-order chi connectivity index (χ1) is 11.1. The van der Waals surface area contributed by atoms with Gasteiger partial charge in [0, 0.05) is 17.1 Å². The summed E-state index contributed by atoms with van der Waals surface area (Å²) in [5.41, 5.74) is 1.87. The average Bonchev–Trinajstić information content (AvgIpc) is 3.02. The lowest BCUT2D eigenvalue weighted by atomic mass is 10.2. The lowest BCUT2D eigenvalue weighted by Gasteiger charge is -2.02. The fourth-order valence-corrected chi connectivity index (χ4v) is 3.09. The number of thiazole rings is 1. The van der Waals surface area contributed by atoms with Gasteiger partial charge in [-0.15, -0.1) is 11.3 Å². The molecule has 0 amide bonds. The molecule has 0 aliphatic rings. The summed E-state index contributed by atoms with van der Waals surface area (Å²) in [4.78, 5) is 20.2. The minimum atomic E-state index is -0.471. The third-order valence-corrected chi connectivity index (χ3v) is 4.45. The van der Waals surface area contributed by atoms with Crippen LogP contribution in [0.2, 0.25) is 10.2 Å². The molecule has 0 fully saturated rings. The Morgan fingerprint density at radius 3 is 2.74 bits per heavy atom. The van der Waals surface area contributed by atoms with Crippen molar-refractivity contribution >= 4 is 40.5 Å². The van der Waals surface area contributed by atoms with Crippen LogP contribution in [0.1, 0.15) is 16.1 Å². The quantitative estimate of drug-likeness (QED) is 0.489. The molecule has 0 spiro atoms. The van der Waals surface area contributed by atoms with Crippen LogP contribution in [0.25, 0.3) is 10.6 Å². The molecule has 23 heavy (non-hydrogen) atoms. The molecule has 0 aliphatic carbocycles. The molecule has 0 radical (unpaired) electrons. The second-order valence-corrected chi connectivity index (χ2v) is 6.22. The first-order valence-electron chi connectivity index (χ1n) is 6.61. The molecule has 2 heterocycles. The molecule has 1 aromatic carbocycles. The molecule has 0 N–H and O–H groups in total. The SMILES string of the molecule is O=C(OCc1csc(-c2ccccc2Cl)n1)c1ccc(Cl)nc1. The Hall–Kier alpha value is -1.95. The highest BCUT2D eigenvalue weighted by Crippen LogP contribution is 2.30. The predicted octanol–water partition coefficient (Wildman–Crippen LogP) is 4.87. The maximum Gasteiger partial charge on any atom is 0.340 e. The highest BCUT2D eigenvalue weighted by Gasteiger charge is 2.11. The minimum Gasteiger partial charge on any atom is -0.456 e. The molecule has 116 valence electrons. The maximum absolute atomic E-state index is 11.9. The van der Waals surface area contributed by atoms with Crippen molar-refractivity contribution in [2.45, 2.75) is 6.61 Å². The highest BCUT2D eigenvalue weighted by atomic mass is 35.5. The van der Waals surface area contributed by atoms with Crippen LogP contribution in [0.5, 0.6) is 0 Å². The van der Waals surface area contributed by atoms with E-state index >= 15 is 0 Å². The molecule has 0 atom stereocenters. The van der Waals surface area contributed by atoms with Gasteiger partial charge in [-0.25, -0.2) is 14.8 Å². The van der Waals surface area contributed by atoms with Gasteiger partial charge in [0.1, 0.15) is 16.8 Å². The summed E-state index contributed by atoms with van der Waals surface area (Å²) >= 11 is 13.3. The second kappa shape index (κ2) is 7.08. The van der Waals surface area contributed by atoms with Crippen molar-refractivity contribution < 1.29 is 9.53 Å². The zero-order valence-electron chi connectivity index (χ0n) is 11.7. The van der Waals surface area contributed by atoms with E-state index in [-0.39, 0.29) is 6.61 Å². The van der Waals surface area contributed by atoms with E-state index in [1.165, 1.54) is 23.6 Å². The second-order valence-electron chi connectivity index (χ2n) is 4.57. The smallest absolute Gasteiger partial charge is 0.340 e. The van der Waals surface area contributed by atoms with Gasteiger partial charge in [-0.1, -0.05) is 41.4 Å². The molecular formula is C16H10Cl2N2O2S. The molecule has 0 saturated carbocycles. The van der Waals surface area contributed by atoms with Crippen molar-refractivity contribution in [1.29, 1.82) is 0 Å². The third-order valence-electron chi connectivity index (χ3n) is 2.97. The summed E-state index contributed by atoms with van der Waals surface area (Å²) in [5.74, 6) is -0.471. The third kappa shape index (κ3) is 3.88. The van der Waals surface area contributed by atoms with Gasteiger partial charge in [0.15, 0.2) is 0 Å². The first kappa shape index (κ1) is 15.9. The number of carbonyl (C=O) groups excluding carboxylic acids is 1. The van der Waals surface area contributed by atoms with Gasteiger partial charge in [0.25, 0.3) is 0 Å². The van der Waals surface area contributed by atoms with Gasteiger partial charge in [-0.2, -0.15) is 0 Å². The van der Waals surface area contributed by atoms with E-state index in [1.807, 2.05) is 29.6 Å². The Morgan fingerprint density at radius 2 is 2.00 bits per heavy atom. The van der Waals surface area contributed by atoms with Crippen molar-refractivity contribution in [3.05, 3.63) is 69.4 Å². The van der Waals surface area contributed by atoms with Crippen LogP contribution < -0.4 is 0 Å². The topological polar surface area (TPSA) is 52.1 Å². The van der Waals surface area contributed by atoms with Gasteiger partial charge in [0.2, 0.25) is 0 Å². The highest BCUT2D eigenvalue weighted by molar-refractivity contribution is 7.13. The molecule has 0 aliphatic heterocycles. The number of hydrogen-bond acceptors (Lipinski definition) is 5. The molecule has 2 aromatic heterocycles. The predicted molar refractivity (Wildman–Crippen MR) is 90.9 cm³/mol. The standard InChI is InChI=1S/C16H10Cl2N2O2S/c17-13-4-2-1-3-12(13)15-20-11(9-23-15)8-22-16(21)10-5-6-14(18)19-7-10/h1-7,9H,8H2. The molecule has 3 rings (SSSR count). The Morgan fingerprint density at radius 1 is 1.17 bits per heavy atom. The van der Waals surface area contributed by atoms with Crippen LogP contribution in [0, 0.1) is 0 Å². The average molecular weight is 365 g/mol. The van der Waals surface area contributed by atoms with E-state index < -0.39 is 5.97 Å². The summed E-state index contributed by atoms with van der Waals surface area (Å²) in [6.45, 7) is 0.0857. The van der Waals surface area contributed by atoms with E-state index in [4.69, 9.17) is 27.9 Å². The zero-order valence-corrected chi connectivity index (χ0v) is 14.0.